The number of rotatable bonds is 6. The van der Waals surface area contributed by atoms with E-state index in [1.54, 1.807) is 16.2 Å². The first-order valence-electron chi connectivity index (χ1n) is 9.70. The van der Waals surface area contributed by atoms with Crippen molar-refractivity contribution in [2.75, 3.05) is 7.11 Å². The molecule has 1 N–H and O–H groups in total. The predicted molar refractivity (Wildman–Crippen MR) is 117 cm³/mol. The van der Waals surface area contributed by atoms with E-state index >= 15 is 0 Å². The first-order chi connectivity index (χ1) is 14.6. The highest BCUT2D eigenvalue weighted by Gasteiger charge is 2.13. The van der Waals surface area contributed by atoms with Crippen LogP contribution in [0.4, 0.5) is 0 Å². The number of imidazole rings is 1. The second kappa shape index (κ2) is 8.25. The molecule has 1 heterocycles. The summed E-state index contributed by atoms with van der Waals surface area (Å²) < 4.78 is 8.73. The maximum absolute atomic E-state index is 12.8. The van der Waals surface area contributed by atoms with Crippen LogP contribution < -0.4 is 10.4 Å². The van der Waals surface area contributed by atoms with E-state index in [4.69, 9.17) is 10.1 Å². The minimum atomic E-state index is -0.0316. The Kier molecular flexibility index (Phi) is 5.35. The van der Waals surface area contributed by atoms with Gasteiger partial charge < -0.3 is 13.9 Å². The fourth-order valence-corrected chi connectivity index (χ4v) is 3.50. The lowest BCUT2D eigenvalue weighted by Gasteiger charge is -2.05. The fourth-order valence-electron chi connectivity index (χ4n) is 3.50. The Bertz CT molecular complexity index is 1240. The van der Waals surface area contributed by atoms with Crippen molar-refractivity contribution in [2.45, 2.75) is 6.54 Å². The molecule has 0 amide bonds. The van der Waals surface area contributed by atoms with Gasteiger partial charge in [-0.25, -0.2) is 0 Å². The minimum absolute atomic E-state index is 0.0316. The Labute approximate surface area is 175 Å². The molecule has 0 fully saturated rings. The fraction of sp³-hybridized carbons (Fsp3) is 0.120. The third kappa shape index (κ3) is 3.82. The second-order valence-electron chi connectivity index (χ2n) is 7.12. The summed E-state index contributed by atoms with van der Waals surface area (Å²) in [6, 6.07) is 25.4. The van der Waals surface area contributed by atoms with Crippen LogP contribution in [-0.4, -0.2) is 22.0 Å². The molecule has 0 unspecified atom stereocenters. The summed E-state index contributed by atoms with van der Waals surface area (Å²) in [7, 11) is 3.45. The van der Waals surface area contributed by atoms with Gasteiger partial charge in [0, 0.05) is 24.4 Å². The Hall–Kier alpha value is -3.86. The van der Waals surface area contributed by atoms with Crippen molar-refractivity contribution >= 4 is 5.78 Å². The lowest BCUT2D eigenvalue weighted by atomic mass is 10.0. The normalized spacial score (nSPS) is 10.7. The molecule has 30 heavy (non-hydrogen) atoms. The van der Waals surface area contributed by atoms with Gasteiger partial charge in [-0.1, -0.05) is 66.7 Å². The molecule has 0 spiro atoms. The SMILES string of the molecule is COc1cccc(-c2cn(CC(=O)c3ccc(-c4ccccc4)cc3)c(=N)n2C)c1. The number of carbonyl (C=O) groups is 1. The zero-order chi connectivity index (χ0) is 21.1. The van der Waals surface area contributed by atoms with Crippen molar-refractivity contribution in [3.8, 4) is 28.1 Å². The molecule has 5 heteroatoms. The number of benzene rings is 3. The number of ether oxygens (including phenoxy) is 1. The highest BCUT2D eigenvalue weighted by atomic mass is 16.5. The van der Waals surface area contributed by atoms with Crippen LogP contribution >= 0.6 is 0 Å². The Morgan fingerprint density at radius 1 is 0.900 bits per heavy atom. The Morgan fingerprint density at radius 3 is 2.27 bits per heavy atom. The van der Waals surface area contributed by atoms with Crippen LogP contribution in [0.1, 0.15) is 10.4 Å². The van der Waals surface area contributed by atoms with Gasteiger partial charge in [0.25, 0.3) is 0 Å². The minimum Gasteiger partial charge on any atom is -0.497 e. The molecular formula is C25H23N3O2. The van der Waals surface area contributed by atoms with Crippen LogP contribution in [0.25, 0.3) is 22.4 Å². The average Bonchev–Trinajstić information content (AvgIpc) is 3.08. The van der Waals surface area contributed by atoms with Gasteiger partial charge >= 0.3 is 0 Å². The maximum atomic E-state index is 12.8. The summed E-state index contributed by atoms with van der Waals surface area (Å²) >= 11 is 0. The van der Waals surface area contributed by atoms with Crippen molar-refractivity contribution < 1.29 is 9.53 Å². The van der Waals surface area contributed by atoms with Crippen LogP contribution in [0.5, 0.6) is 5.75 Å². The van der Waals surface area contributed by atoms with E-state index in [1.807, 2.05) is 92.1 Å². The van der Waals surface area contributed by atoms with Crippen LogP contribution in [0.15, 0.2) is 85.1 Å². The second-order valence-corrected chi connectivity index (χ2v) is 7.12. The first-order valence-corrected chi connectivity index (χ1v) is 9.70. The highest BCUT2D eigenvalue weighted by Crippen LogP contribution is 2.23. The standard InChI is InChI=1S/C25H23N3O2/c1-27-23(21-9-6-10-22(15-21)30-2)16-28(25(27)26)17-24(29)20-13-11-19(12-14-20)18-7-4-3-5-8-18/h3-16,26H,17H2,1-2H3. The molecule has 0 saturated carbocycles. The van der Waals surface area contributed by atoms with Gasteiger partial charge in [-0.15, -0.1) is 0 Å². The summed E-state index contributed by atoms with van der Waals surface area (Å²) in [5.41, 5.74) is 4.87. The Balaban J connectivity index is 1.57. The van der Waals surface area contributed by atoms with Crippen molar-refractivity contribution in [2.24, 2.45) is 7.05 Å². The van der Waals surface area contributed by atoms with Crippen molar-refractivity contribution in [3.05, 3.63) is 96.2 Å². The lowest BCUT2D eigenvalue weighted by molar-refractivity contribution is 0.0970. The number of nitrogens with zero attached hydrogens (tertiary/aromatic N) is 2. The molecule has 4 aromatic rings. The van der Waals surface area contributed by atoms with E-state index in [-0.39, 0.29) is 17.9 Å². The Morgan fingerprint density at radius 2 is 1.57 bits per heavy atom. The molecular weight excluding hydrogens is 374 g/mol. The number of ketones is 1. The molecule has 0 radical (unpaired) electrons. The van der Waals surface area contributed by atoms with Gasteiger partial charge in [0.1, 0.15) is 5.75 Å². The van der Waals surface area contributed by atoms with E-state index in [1.165, 1.54) is 0 Å². The van der Waals surface area contributed by atoms with Gasteiger partial charge in [0.05, 0.1) is 19.3 Å². The quantitative estimate of drug-likeness (QED) is 0.486. The molecule has 1 aromatic heterocycles. The van der Waals surface area contributed by atoms with E-state index < -0.39 is 0 Å². The van der Waals surface area contributed by atoms with E-state index in [9.17, 15) is 4.79 Å². The number of hydrogen-bond donors (Lipinski definition) is 1. The zero-order valence-corrected chi connectivity index (χ0v) is 17.0. The van der Waals surface area contributed by atoms with Gasteiger partial charge in [0.15, 0.2) is 5.78 Å². The molecule has 5 nitrogen and oxygen atoms in total. The third-order valence-electron chi connectivity index (χ3n) is 5.22. The van der Waals surface area contributed by atoms with Crippen LogP contribution in [0.2, 0.25) is 0 Å². The van der Waals surface area contributed by atoms with Gasteiger partial charge in [-0.3, -0.25) is 10.2 Å². The number of aromatic nitrogens is 2. The monoisotopic (exact) mass is 397 g/mol. The number of methoxy groups -OCH3 is 1. The molecule has 0 saturated heterocycles. The third-order valence-corrected chi connectivity index (χ3v) is 5.22. The summed E-state index contributed by atoms with van der Waals surface area (Å²) in [5.74, 6) is 0.720. The van der Waals surface area contributed by atoms with Gasteiger partial charge in [0.2, 0.25) is 5.62 Å². The van der Waals surface area contributed by atoms with E-state index in [0.29, 0.717) is 5.56 Å². The van der Waals surface area contributed by atoms with Crippen LogP contribution in [0, 0.1) is 5.41 Å². The molecule has 0 atom stereocenters. The topological polar surface area (TPSA) is 60.0 Å². The van der Waals surface area contributed by atoms with E-state index in [0.717, 1.165) is 28.1 Å². The molecule has 0 aliphatic heterocycles. The largest absolute Gasteiger partial charge is 0.497 e. The van der Waals surface area contributed by atoms with Crippen molar-refractivity contribution in [1.82, 2.24) is 9.13 Å². The first kappa shape index (κ1) is 19.5. The number of hydrogen-bond acceptors (Lipinski definition) is 3. The van der Waals surface area contributed by atoms with Crippen molar-refractivity contribution in [1.29, 1.82) is 5.41 Å². The highest BCUT2D eigenvalue weighted by molar-refractivity contribution is 5.96. The summed E-state index contributed by atoms with van der Waals surface area (Å²) in [6.45, 7) is 0.112. The number of Topliss-reactive ketones (excluding diaryl/α,β-unsaturated/α-hetero) is 1. The molecule has 0 aliphatic carbocycles. The van der Waals surface area contributed by atoms with Crippen molar-refractivity contribution in [3.63, 3.8) is 0 Å². The van der Waals surface area contributed by atoms with E-state index in [2.05, 4.69) is 0 Å². The molecule has 150 valence electrons. The summed E-state index contributed by atoms with van der Waals surface area (Å²) in [5, 5.41) is 8.41. The number of nitrogens with one attached hydrogen (secondary N) is 1. The predicted octanol–water partition coefficient (Wildman–Crippen LogP) is 4.53. The summed E-state index contributed by atoms with van der Waals surface area (Å²) in [6.07, 6.45) is 1.84. The average molecular weight is 397 g/mol. The lowest BCUT2D eigenvalue weighted by Crippen LogP contribution is -2.25. The zero-order valence-electron chi connectivity index (χ0n) is 17.0. The van der Waals surface area contributed by atoms with Gasteiger partial charge in [-0.2, -0.15) is 0 Å². The maximum Gasteiger partial charge on any atom is 0.202 e. The molecule has 3 aromatic carbocycles. The van der Waals surface area contributed by atoms with Crippen LogP contribution in [-0.2, 0) is 13.6 Å². The molecule has 4 rings (SSSR count). The number of carbonyl (C=O) groups excluding carboxylic acids is 1. The smallest absolute Gasteiger partial charge is 0.202 e. The molecule has 0 bridgehead atoms. The van der Waals surface area contributed by atoms with Crippen LogP contribution in [0.3, 0.4) is 0 Å². The van der Waals surface area contributed by atoms with Gasteiger partial charge in [-0.05, 0) is 23.3 Å². The molecule has 0 aliphatic rings. The summed E-state index contributed by atoms with van der Waals surface area (Å²) in [4.78, 5) is 12.8.